The van der Waals surface area contributed by atoms with Crippen LogP contribution in [-0.2, 0) is 14.8 Å². The molecule has 0 atom stereocenters. The van der Waals surface area contributed by atoms with Crippen molar-refractivity contribution in [2.45, 2.75) is 11.3 Å². The Balaban J connectivity index is 2.08. The highest BCUT2D eigenvalue weighted by Crippen LogP contribution is 2.19. The third kappa shape index (κ3) is 6.46. The molecule has 0 fully saturated rings. The van der Waals surface area contributed by atoms with Crippen molar-refractivity contribution in [1.29, 1.82) is 0 Å². The van der Waals surface area contributed by atoms with Crippen LogP contribution in [-0.4, -0.2) is 32.2 Å². The topological polar surface area (TPSA) is 104 Å². The molecule has 2 aromatic carbocycles. The van der Waals surface area contributed by atoms with Crippen LogP contribution in [0.15, 0.2) is 53.4 Å². The van der Waals surface area contributed by atoms with Crippen LogP contribution in [0.3, 0.4) is 0 Å². The number of thioether (sulfide) groups is 1. The summed E-state index contributed by atoms with van der Waals surface area (Å²) in [7, 11) is -3.89. The van der Waals surface area contributed by atoms with Crippen LogP contribution in [0, 0.1) is 0 Å². The average Bonchev–Trinajstić information content (AvgIpc) is 2.66. The maximum absolute atomic E-state index is 12.5. The maximum Gasteiger partial charge on any atom is 0.269 e. The van der Waals surface area contributed by atoms with Crippen molar-refractivity contribution in [3.8, 4) is 0 Å². The minimum Gasteiger partial charge on any atom is -0.280 e. The van der Waals surface area contributed by atoms with Crippen LogP contribution < -0.4 is 15.6 Å². The minimum absolute atomic E-state index is 0.0844. The zero-order valence-corrected chi connectivity index (χ0v) is 16.7. The van der Waals surface area contributed by atoms with Crippen molar-refractivity contribution in [1.82, 2.24) is 10.9 Å². The third-order valence-electron chi connectivity index (χ3n) is 3.35. The molecule has 144 valence electrons. The number of hydrogen-bond donors (Lipinski definition) is 3. The normalized spacial score (nSPS) is 10.9. The van der Waals surface area contributed by atoms with Gasteiger partial charge in [0.1, 0.15) is 0 Å². The molecule has 0 unspecified atom stereocenters. The second kappa shape index (κ2) is 9.63. The zero-order valence-electron chi connectivity index (χ0n) is 14.4. The quantitative estimate of drug-likeness (QED) is 0.589. The van der Waals surface area contributed by atoms with Crippen LogP contribution >= 0.6 is 23.4 Å². The summed E-state index contributed by atoms with van der Waals surface area (Å²) < 4.78 is 27.4. The number of hydrazine groups is 1. The highest BCUT2D eigenvalue weighted by molar-refractivity contribution is 7.98. The molecule has 27 heavy (non-hydrogen) atoms. The summed E-state index contributed by atoms with van der Waals surface area (Å²) in [5, 5.41) is 0.483. The number of anilines is 1. The van der Waals surface area contributed by atoms with Crippen molar-refractivity contribution in [3.05, 3.63) is 59.1 Å². The Bertz CT molecular complexity index is 918. The lowest BCUT2D eigenvalue weighted by Crippen LogP contribution is -2.41. The first-order valence-corrected chi connectivity index (χ1v) is 11.0. The molecule has 7 nitrogen and oxygen atoms in total. The fraction of sp³-hybridized carbons (Fsp3) is 0.176. The van der Waals surface area contributed by atoms with Gasteiger partial charge in [0, 0.05) is 28.4 Å². The zero-order chi connectivity index (χ0) is 19.9. The molecule has 2 rings (SSSR count). The van der Waals surface area contributed by atoms with E-state index in [1.807, 2.05) is 6.26 Å². The van der Waals surface area contributed by atoms with E-state index in [0.717, 1.165) is 0 Å². The third-order valence-corrected chi connectivity index (χ3v) is 5.59. The maximum atomic E-state index is 12.5. The lowest BCUT2D eigenvalue weighted by Gasteiger charge is -2.10. The van der Waals surface area contributed by atoms with Gasteiger partial charge in [0.15, 0.2) is 0 Å². The first kappa shape index (κ1) is 21.1. The molecule has 0 spiro atoms. The number of sulfonamides is 1. The molecular weight excluding hydrogens is 410 g/mol. The van der Waals surface area contributed by atoms with E-state index in [0.29, 0.717) is 16.5 Å². The standard InChI is InChI=1S/C17H18ClN3O4S2/c1-26-10-9-16(22)19-20-17(23)12-3-2-4-15(11-12)27(24,25)21-14-7-5-13(18)6-8-14/h2-8,11,21H,9-10H2,1H3,(H,19,22)(H,20,23). The van der Waals surface area contributed by atoms with Crippen LogP contribution in [0.2, 0.25) is 5.02 Å². The van der Waals surface area contributed by atoms with Crippen molar-refractivity contribution < 1.29 is 18.0 Å². The van der Waals surface area contributed by atoms with E-state index in [-0.39, 0.29) is 22.8 Å². The molecule has 2 aromatic rings. The number of carbonyl (C=O) groups is 2. The van der Waals surface area contributed by atoms with Crippen LogP contribution in [0.5, 0.6) is 0 Å². The predicted molar refractivity (Wildman–Crippen MR) is 107 cm³/mol. The minimum atomic E-state index is -3.89. The second-order valence-electron chi connectivity index (χ2n) is 5.39. The van der Waals surface area contributed by atoms with Gasteiger partial charge in [0.2, 0.25) is 5.91 Å². The van der Waals surface area contributed by atoms with Gasteiger partial charge in [-0.05, 0) is 48.7 Å². The first-order valence-electron chi connectivity index (χ1n) is 7.78. The summed E-state index contributed by atoms with van der Waals surface area (Å²) in [6.45, 7) is 0. The lowest BCUT2D eigenvalue weighted by molar-refractivity contribution is -0.121. The van der Waals surface area contributed by atoms with Gasteiger partial charge >= 0.3 is 0 Å². The highest BCUT2D eigenvalue weighted by atomic mass is 35.5. The Morgan fingerprint density at radius 3 is 2.44 bits per heavy atom. The van der Waals surface area contributed by atoms with Gasteiger partial charge < -0.3 is 0 Å². The number of nitrogens with one attached hydrogen (secondary N) is 3. The highest BCUT2D eigenvalue weighted by Gasteiger charge is 2.17. The van der Waals surface area contributed by atoms with Crippen molar-refractivity contribution in [2.24, 2.45) is 0 Å². The molecule has 0 aliphatic heterocycles. The number of benzene rings is 2. The van der Waals surface area contributed by atoms with Crippen molar-refractivity contribution in [3.63, 3.8) is 0 Å². The fourth-order valence-electron chi connectivity index (χ4n) is 1.99. The van der Waals surface area contributed by atoms with E-state index in [2.05, 4.69) is 15.6 Å². The van der Waals surface area contributed by atoms with Gasteiger partial charge in [-0.2, -0.15) is 11.8 Å². The van der Waals surface area contributed by atoms with E-state index < -0.39 is 15.9 Å². The lowest BCUT2D eigenvalue weighted by atomic mass is 10.2. The van der Waals surface area contributed by atoms with Gasteiger partial charge in [-0.1, -0.05) is 17.7 Å². The largest absolute Gasteiger partial charge is 0.280 e. The molecule has 0 saturated carbocycles. The summed E-state index contributed by atoms with van der Waals surface area (Å²) in [4.78, 5) is 23.6. The monoisotopic (exact) mass is 427 g/mol. The fourth-order valence-corrected chi connectivity index (χ4v) is 3.61. The molecular formula is C17H18ClN3O4S2. The Morgan fingerprint density at radius 1 is 1.07 bits per heavy atom. The summed E-state index contributed by atoms with van der Waals surface area (Å²) in [6.07, 6.45) is 2.14. The van der Waals surface area contributed by atoms with E-state index in [9.17, 15) is 18.0 Å². The van der Waals surface area contributed by atoms with Gasteiger partial charge in [-0.3, -0.25) is 25.2 Å². The Labute approximate surface area is 166 Å². The first-order chi connectivity index (χ1) is 12.8. The van der Waals surface area contributed by atoms with Crippen LogP contribution in [0.1, 0.15) is 16.8 Å². The van der Waals surface area contributed by atoms with E-state index in [1.165, 1.54) is 48.2 Å². The second-order valence-corrected chi connectivity index (χ2v) is 8.49. The molecule has 2 amide bonds. The molecule has 0 radical (unpaired) electrons. The number of hydrogen-bond acceptors (Lipinski definition) is 5. The van der Waals surface area contributed by atoms with Crippen molar-refractivity contribution >= 4 is 50.9 Å². The molecule has 0 saturated heterocycles. The van der Waals surface area contributed by atoms with Crippen LogP contribution in [0.4, 0.5) is 5.69 Å². The number of carbonyl (C=O) groups excluding carboxylic acids is 2. The Hall–Kier alpha value is -2.23. The van der Waals surface area contributed by atoms with Crippen molar-refractivity contribution in [2.75, 3.05) is 16.7 Å². The number of rotatable bonds is 7. The SMILES string of the molecule is CSCCC(=O)NNC(=O)c1cccc(S(=O)(=O)Nc2ccc(Cl)cc2)c1. The Kier molecular flexibility index (Phi) is 7.52. The molecule has 0 heterocycles. The summed E-state index contributed by atoms with van der Waals surface area (Å²) >= 11 is 7.29. The summed E-state index contributed by atoms with van der Waals surface area (Å²) in [5.41, 5.74) is 4.99. The molecule has 0 aliphatic rings. The van der Waals surface area contributed by atoms with E-state index in [4.69, 9.17) is 11.6 Å². The smallest absolute Gasteiger partial charge is 0.269 e. The van der Waals surface area contributed by atoms with E-state index >= 15 is 0 Å². The van der Waals surface area contributed by atoms with Crippen LogP contribution in [0.25, 0.3) is 0 Å². The van der Waals surface area contributed by atoms with Gasteiger partial charge in [0.05, 0.1) is 4.90 Å². The molecule has 3 N–H and O–H groups in total. The van der Waals surface area contributed by atoms with Gasteiger partial charge in [0.25, 0.3) is 15.9 Å². The number of halogens is 1. The molecule has 0 aromatic heterocycles. The Morgan fingerprint density at radius 2 is 1.78 bits per heavy atom. The summed E-state index contributed by atoms with van der Waals surface area (Å²) in [6, 6.07) is 11.7. The summed E-state index contributed by atoms with van der Waals surface area (Å²) in [5.74, 6) is -0.312. The molecule has 0 bridgehead atoms. The predicted octanol–water partition coefficient (Wildman–Crippen LogP) is 2.65. The van der Waals surface area contributed by atoms with Gasteiger partial charge in [-0.15, -0.1) is 0 Å². The molecule has 0 aliphatic carbocycles. The number of amides is 2. The van der Waals surface area contributed by atoms with E-state index in [1.54, 1.807) is 12.1 Å². The van der Waals surface area contributed by atoms with Gasteiger partial charge in [-0.25, -0.2) is 8.42 Å². The molecule has 10 heteroatoms. The average molecular weight is 428 g/mol.